The summed E-state index contributed by atoms with van der Waals surface area (Å²) >= 11 is 3.42. The Morgan fingerprint density at radius 2 is 1.81 bits per heavy atom. The van der Waals surface area contributed by atoms with Gasteiger partial charge in [-0.05, 0) is 40.2 Å². The Labute approximate surface area is 128 Å². The zero-order valence-corrected chi connectivity index (χ0v) is 12.4. The Kier molecular flexibility index (Phi) is 3.96. The van der Waals surface area contributed by atoms with E-state index in [1.807, 2.05) is 24.3 Å². The molecule has 4 nitrogen and oxygen atoms in total. The highest BCUT2D eigenvalue weighted by atomic mass is 79.9. The van der Waals surface area contributed by atoms with E-state index < -0.39 is 5.82 Å². The maximum absolute atomic E-state index is 13.4. The highest BCUT2D eigenvalue weighted by Crippen LogP contribution is 2.27. The van der Waals surface area contributed by atoms with Crippen LogP contribution in [0.15, 0.2) is 57.4 Å². The molecule has 0 fully saturated rings. The number of para-hydroxylation sites is 1. The summed E-state index contributed by atoms with van der Waals surface area (Å²) in [6, 6.07) is 13.7. The molecule has 21 heavy (non-hydrogen) atoms. The van der Waals surface area contributed by atoms with E-state index in [0.717, 1.165) is 10.0 Å². The van der Waals surface area contributed by atoms with Crippen LogP contribution in [-0.2, 0) is 6.61 Å². The minimum absolute atomic E-state index is 0.0123. The molecule has 2 aromatic carbocycles. The summed E-state index contributed by atoms with van der Waals surface area (Å²) in [6.45, 7) is 0.0123. The van der Waals surface area contributed by atoms with Crippen LogP contribution in [0.1, 0.15) is 5.89 Å². The van der Waals surface area contributed by atoms with Crippen molar-refractivity contribution in [3.8, 4) is 17.2 Å². The molecule has 1 heterocycles. The topological polar surface area (TPSA) is 48.2 Å². The molecule has 106 valence electrons. The van der Waals surface area contributed by atoms with Crippen molar-refractivity contribution in [1.29, 1.82) is 0 Å². The molecule has 0 amide bonds. The molecule has 0 N–H and O–H groups in total. The van der Waals surface area contributed by atoms with Gasteiger partial charge in [-0.2, -0.15) is 0 Å². The number of hydrogen-bond acceptors (Lipinski definition) is 4. The first-order valence-electron chi connectivity index (χ1n) is 6.18. The third kappa shape index (κ3) is 3.11. The zero-order valence-electron chi connectivity index (χ0n) is 10.8. The van der Waals surface area contributed by atoms with Crippen LogP contribution in [-0.4, -0.2) is 10.2 Å². The summed E-state index contributed by atoms with van der Waals surface area (Å²) in [7, 11) is 0. The highest BCUT2D eigenvalue weighted by Gasteiger charge is 2.12. The van der Waals surface area contributed by atoms with E-state index in [-0.39, 0.29) is 18.2 Å². The number of aromatic nitrogens is 2. The van der Waals surface area contributed by atoms with Crippen molar-refractivity contribution in [2.75, 3.05) is 0 Å². The molecule has 0 radical (unpaired) electrons. The van der Waals surface area contributed by atoms with Crippen LogP contribution in [0.2, 0.25) is 0 Å². The van der Waals surface area contributed by atoms with Crippen molar-refractivity contribution in [2.45, 2.75) is 6.61 Å². The van der Waals surface area contributed by atoms with E-state index in [9.17, 15) is 4.39 Å². The van der Waals surface area contributed by atoms with Crippen molar-refractivity contribution in [3.63, 3.8) is 0 Å². The fraction of sp³-hybridized carbons (Fsp3) is 0.0667. The van der Waals surface area contributed by atoms with Crippen molar-refractivity contribution < 1.29 is 13.5 Å². The maximum atomic E-state index is 13.4. The van der Waals surface area contributed by atoms with Crippen molar-refractivity contribution in [2.24, 2.45) is 0 Å². The third-order valence-electron chi connectivity index (χ3n) is 2.76. The number of rotatable bonds is 4. The lowest BCUT2D eigenvalue weighted by atomic mass is 10.2. The molecule has 1 aromatic heterocycles. The average Bonchev–Trinajstić information content (AvgIpc) is 2.96. The van der Waals surface area contributed by atoms with Gasteiger partial charge in [0.1, 0.15) is 0 Å². The van der Waals surface area contributed by atoms with Crippen LogP contribution in [0.4, 0.5) is 4.39 Å². The molecule has 0 unspecified atom stereocenters. The molecule has 0 spiro atoms. The van der Waals surface area contributed by atoms with Crippen LogP contribution in [0.5, 0.6) is 5.75 Å². The second-order valence-corrected chi connectivity index (χ2v) is 5.05. The van der Waals surface area contributed by atoms with Gasteiger partial charge in [-0.25, -0.2) is 4.39 Å². The summed E-state index contributed by atoms with van der Waals surface area (Å²) in [5.41, 5.74) is 0.794. The van der Waals surface area contributed by atoms with E-state index in [2.05, 4.69) is 26.1 Å². The molecular weight excluding hydrogens is 339 g/mol. The Morgan fingerprint density at radius 3 is 2.62 bits per heavy atom. The predicted octanol–water partition coefficient (Wildman–Crippen LogP) is 4.22. The fourth-order valence-corrected chi connectivity index (χ4v) is 2.21. The van der Waals surface area contributed by atoms with E-state index >= 15 is 0 Å². The monoisotopic (exact) mass is 348 g/mol. The first kappa shape index (κ1) is 13.8. The fourth-order valence-electron chi connectivity index (χ4n) is 1.76. The van der Waals surface area contributed by atoms with Gasteiger partial charge >= 0.3 is 0 Å². The smallest absolute Gasteiger partial charge is 0.254 e. The molecule has 0 aliphatic carbocycles. The second-order valence-electron chi connectivity index (χ2n) is 4.20. The third-order valence-corrected chi connectivity index (χ3v) is 3.45. The first-order valence-corrected chi connectivity index (χ1v) is 6.98. The number of ether oxygens (including phenoxy) is 1. The molecule has 3 aromatic rings. The van der Waals surface area contributed by atoms with Gasteiger partial charge in [0.25, 0.3) is 5.89 Å². The van der Waals surface area contributed by atoms with Crippen molar-refractivity contribution in [3.05, 3.63) is 64.7 Å². The molecular formula is C15H10BrFN2O2. The number of benzene rings is 2. The minimum atomic E-state index is -0.428. The Hall–Kier alpha value is -2.21. The van der Waals surface area contributed by atoms with Gasteiger partial charge < -0.3 is 9.15 Å². The maximum Gasteiger partial charge on any atom is 0.254 e. The van der Waals surface area contributed by atoms with Crippen LogP contribution >= 0.6 is 15.9 Å². The largest absolute Gasteiger partial charge is 0.481 e. The number of halogens is 2. The van der Waals surface area contributed by atoms with Crippen molar-refractivity contribution >= 4 is 15.9 Å². The molecule has 3 rings (SSSR count). The highest BCUT2D eigenvalue weighted by molar-refractivity contribution is 9.10. The van der Waals surface area contributed by atoms with Gasteiger partial charge in [-0.3, -0.25) is 0 Å². The van der Waals surface area contributed by atoms with Crippen LogP contribution < -0.4 is 4.74 Å². The quantitative estimate of drug-likeness (QED) is 0.708. The summed E-state index contributed by atoms with van der Waals surface area (Å²) < 4.78 is 25.1. The first-order chi connectivity index (χ1) is 10.2. The van der Waals surface area contributed by atoms with Crippen molar-refractivity contribution in [1.82, 2.24) is 10.2 Å². The molecule has 6 heteroatoms. The molecule has 0 saturated carbocycles. The lowest BCUT2D eigenvalue weighted by Crippen LogP contribution is -1.97. The molecule has 0 aliphatic rings. The van der Waals surface area contributed by atoms with E-state index in [4.69, 9.17) is 9.15 Å². The normalized spacial score (nSPS) is 10.6. The average molecular weight is 349 g/mol. The van der Waals surface area contributed by atoms with Crippen LogP contribution in [0, 0.1) is 5.82 Å². The molecule has 0 saturated heterocycles. The van der Waals surface area contributed by atoms with E-state index in [1.54, 1.807) is 18.2 Å². The Balaban J connectivity index is 1.74. The van der Waals surface area contributed by atoms with Gasteiger partial charge in [0.15, 0.2) is 18.2 Å². The lowest BCUT2D eigenvalue weighted by molar-refractivity contribution is 0.253. The summed E-state index contributed by atoms with van der Waals surface area (Å²) in [6.07, 6.45) is 0. The SMILES string of the molecule is Fc1ccccc1OCc1nnc(-c2ccccc2Br)o1. The number of nitrogens with zero attached hydrogens (tertiary/aromatic N) is 2. The van der Waals surface area contributed by atoms with Gasteiger partial charge in [-0.15, -0.1) is 10.2 Å². The second kappa shape index (κ2) is 6.05. The lowest BCUT2D eigenvalue weighted by Gasteiger charge is -2.03. The Bertz CT molecular complexity index is 761. The summed E-state index contributed by atoms with van der Waals surface area (Å²) in [4.78, 5) is 0. The summed E-state index contributed by atoms with van der Waals surface area (Å²) in [5.74, 6) is 0.389. The molecule has 0 atom stereocenters. The number of hydrogen-bond donors (Lipinski definition) is 0. The van der Waals surface area contributed by atoms with Gasteiger partial charge in [0.2, 0.25) is 5.89 Å². The minimum Gasteiger partial charge on any atom is -0.481 e. The predicted molar refractivity (Wildman–Crippen MR) is 78.2 cm³/mol. The van der Waals surface area contributed by atoms with Gasteiger partial charge in [0.05, 0.1) is 5.56 Å². The van der Waals surface area contributed by atoms with Crippen LogP contribution in [0.3, 0.4) is 0 Å². The van der Waals surface area contributed by atoms with Gasteiger partial charge in [-0.1, -0.05) is 24.3 Å². The summed E-state index contributed by atoms with van der Waals surface area (Å²) in [5, 5.41) is 7.86. The van der Waals surface area contributed by atoms with Crippen LogP contribution in [0.25, 0.3) is 11.5 Å². The van der Waals surface area contributed by atoms with Gasteiger partial charge in [0, 0.05) is 4.47 Å². The zero-order chi connectivity index (χ0) is 14.7. The Morgan fingerprint density at radius 1 is 1.05 bits per heavy atom. The molecule has 0 aliphatic heterocycles. The molecule has 0 bridgehead atoms. The standard InChI is InChI=1S/C15H10BrFN2O2/c16-11-6-2-1-5-10(11)15-19-18-14(21-15)9-20-13-8-4-3-7-12(13)17/h1-8H,9H2. The van der Waals surface area contributed by atoms with E-state index in [0.29, 0.717) is 5.89 Å². The van der Waals surface area contributed by atoms with E-state index in [1.165, 1.54) is 6.07 Å².